The Labute approximate surface area is 240 Å². The molecule has 1 saturated heterocycles. The van der Waals surface area contributed by atoms with Crippen LogP contribution in [0.3, 0.4) is 0 Å². The summed E-state index contributed by atoms with van der Waals surface area (Å²) in [7, 11) is -0.894. The molecule has 14 heteroatoms. The molecular weight excluding hydrogens is 558 g/mol. The maximum atomic E-state index is 12.8. The molecule has 1 aliphatic heterocycles. The summed E-state index contributed by atoms with van der Waals surface area (Å²) < 4.78 is 37.5. The lowest BCUT2D eigenvalue weighted by molar-refractivity contribution is -0.287. The Bertz CT molecular complexity index is 1110. The van der Waals surface area contributed by atoms with Crippen molar-refractivity contribution in [2.75, 3.05) is 12.4 Å². The zero-order valence-corrected chi connectivity index (χ0v) is 25.8. The van der Waals surface area contributed by atoms with Gasteiger partial charge in [0.2, 0.25) is 12.4 Å². The van der Waals surface area contributed by atoms with Gasteiger partial charge < -0.3 is 32.8 Å². The van der Waals surface area contributed by atoms with E-state index >= 15 is 0 Å². The monoisotopic (exact) mass is 597 g/mol. The van der Waals surface area contributed by atoms with Crippen molar-refractivity contribution in [3.05, 3.63) is 29.8 Å². The molecule has 0 saturated carbocycles. The van der Waals surface area contributed by atoms with E-state index in [2.05, 4.69) is 39.2 Å². The summed E-state index contributed by atoms with van der Waals surface area (Å²) in [5, 5.41) is 2.58. The standard InChI is InChI=1S/C27H39NO12Si/c1-15(29)36-20-21(37-16(2)30)23(38-17(3)31)25(39-22(20)24(32)34-7)40-26(33)28-19-12-10-18(11-13-19)14-35-41(8,9)27(4,5)6/h10-13,20-23,25H,14H2,1-9H3,(H,28,33)/t20-,21-,22-,23+,25-/m0/s1. The first-order valence-electron chi connectivity index (χ1n) is 12.9. The number of methoxy groups -OCH3 is 1. The number of benzene rings is 1. The average molecular weight is 598 g/mol. The molecule has 0 aliphatic carbocycles. The van der Waals surface area contributed by atoms with E-state index < -0.39 is 69.0 Å². The molecule has 1 aliphatic rings. The second-order valence-electron chi connectivity index (χ2n) is 10.9. The van der Waals surface area contributed by atoms with E-state index in [1.54, 1.807) is 24.3 Å². The highest BCUT2D eigenvalue weighted by Crippen LogP contribution is 2.37. The lowest BCUT2D eigenvalue weighted by atomic mass is 9.97. The van der Waals surface area contributed by atoms with Crippen molar-refractivity contribution in [3.63, 3.8) is 0 Å². The van der Waals surface area contributed by atoms with Crippen LogP contribution in [-0.4, -0.2) is 76.1 Å². The Balaban J connectivity index is 2.23. The molecule has 0 radical (unpaired) electrons. The molecule has 1 amide bonds. The Hall–Kier alpha value is -3.49. The van der Waals surface area contributed by atoms with Crippen LogP contribution >= 0.6 is 0 Å². The molecule has 0 bridgehead atoms. The van der Waals surface area contributed by atoms with E-state index in [1.165, 1.54) is 0 Å². The van der Waals surface area contributed by atoms with Gasteiger partial charge in [-0.2, -0.15) is 0 Å². The number of carbonyl (C=O) groups excluding carboxylic acids is 5. The number of rotatable bonds is 9. The van der Waals surface area contributed by atoms with Gasteiger partial charge in [0.1, 0.15) is 0 Å². The van der Waals surface area contributed by atoms with Crippen LogP contribution in [-0.2, 0) is 58.6 Å². The van der Waals surface area contributed by atoms with Crippen molar-refractivity contribution in [2.24, 2.45) is 0 Å². The Morgan fingerprint density at radius 2 is 1.34 bits per heavy atom. The maximum absolute atomic E-state index is 12.8. The lowest BCUT2D eigenvalue weighted by Gasteiger charge is -2.42. The SMILES string of the molecule is COC(=O)[C@H]1O[C@@H](OC(=O)Nc2ccc(CO[Si](C)(C)C(C)(C)C)cc2)[C@H](OC(C)=O)[C@@H](OC(C)=O)[C@@H]1OC(C)=O. The van der Waals surface area contributed by atoms with Gasteiger partial charge >= 0.3 is 30.0 Å². The van der Waals surface area contributed by atoms with Gasteiger partial charge in [-0.3, -0.25) is 19.7 Å². The minimum atomic E-state index is -1.95. The van der Waals surface area contributed by atoms with Gasteiger partial charge in [-0.25, -0.2) is 9.59 Å². The molecule has 13 nitrogen and oxygen atoms in total. The molecule has 0 aromatic heterocycles. The molecule has 1 aromatic carbocycles. The molecule has 0 unspecified atom stereocenters. The van der Waals surface area contributed by atoms with Crippen LogP contribution in [0.15, 0.2) is 24.3 Å². The molecule has 41 heavy (non-hydrogen) atoms. The average Bonchev–Trinajstić information content (AvgIpc) is 2.85. The van der Waals surface area contributed by atoms with Crippen LogP contribution in [0.4, 0.5) is 10.5 Å². The third kappa shape index (κ3) is 9.54. The Morgan fingerprint density at radius 1 is 0.829 bits per heavy atom. The molecule has 1 aromatic rings. The summed E-state index contributed by atoms with van der Waals surface area (Å²) in [6.07, 6.45) is -9.21. The number of amides is 1. The third-order valence-corrected chi connectivity index (χ3v) is 11.1. The van der Waals surface area contributed by atoms with Gasteiger partial charge in [0.25, 0.3) is 0 Å². The maximum Gasteiger partial charge on any atom is 0.414 e. The highest BCUT2D eigenvalue weighted by molar-refractivity contribution is 6.74. The van der Waals surface area contributed by atoms with Gasteiger partial charge in [0, 0.05) is 26.5 Å². The fourth-order valence-electron chi connectivity index (χ4n) is 3.59. The molecule has 228 valence electrons. The molecule has 2 rings (SSSR count). The smallest absolute Gasteiger partial charge is 0.414 e. The van der Waals surface area contributed by atoms with E-state index in [0.29, 0.717) is 12.3 Å². The van der Waals surface area contributed by atoms with Crippen molar-refractivity contribution < 1.29 is 56.8 Å². The predicted octanol–water partition coefficient (Wildman–Crippen LogP) is 3.45. The number of nitrogens with one attached hydrogen (secondary N) is 1. The van der Waals surface area contributed by atoms with Crippen LogP contribution in [0.1, 0.15) is 47.1 Å². The van der Waals surface area contributed by atoms with E-state index in [4.69, 9.17) is 32.8 Å². The first-order valence-corrected chi connectivity index (χ1v) is 15.8. The third-order valence-electron chi connectivity index (χ3n) is 6.66. The quantitative estimate of drug-likeness (QED) is 0.251. The fourth-order valence-corrected chi connectivity index (χ4v) is 4.55. The van der Waals surface area contributed by atoms with Gasteiger partial charge in [-0.1, -0.05) is 32.9 Å². The van der Waals surface area contributed by atoms with Crippen molar-refractivity contribution in [1.29, 1.82) is 0 Å². The number of ether oxygens (including phenoxy) is 6. The van der Waals surface area contributed by atoms with E-state index in [9.17, 15) is 24.0 Å². The minimum Gasteiger partial charge on any atom is -0.467 e. The van der Waals surface area contributed by atoms with Crippen molar-refractivity contribution in [1.82, 2.24) is 0 Å². The van der Waals surface area contributed by atoms with E-state index in [0.717, 1.165) is 33.4 Å². The highest BCUT2D eigenvalue weighted by Gasteiger charge is 2.56. The van der Waals surface area contributed by atoms with Crippen LogP contribution in [0, 0.1) is 0 Å². The van der Waals surface area contributed by atoms with Crippen LogP contribution < -0.4 is 5.32 Å². The second-order valence-corrected chi connectivity index (χ2v) is 15.8. The largest absolute Gasteiger partial charge is 0.467 e. The highest BCUT2D eigenvalue weighted by atomic mass is 28.4. The molecule has 1 heterocycles. The summed E-state index contributed by atoms with van der Waals surface area (Å²) in [4.78, 5) is 60.8. The number of anilines is 1. The van der Waals surface area contributed by atoms with Gasteiger partial charge in [-0.05, 0) is 35.8 Å². The van der Waals surface area contributed by atoms with E-state index in [-0.39, 0.29) is 5.04 Å². The summed E-state index contributed by atoms with van der Waals surface area (Å²) >= 11 is 0. The van der Waals surface area contributed by atoms with Gasteiger partial charge in [0.15, 0.2) is 26.6 Å². The number of carbonyl (C=O) groups is 5. The number of hydrogen-bond acceptors (Lipinski definition) is 12. The molecule has 1 N–H and O–H groups in total. The molecule has 0 spiro atoms. The van der Waals surface area contributed by atoms with Crippen molar-refractivity contribution >= 4 is 44.0 Å². The van der Waals surface area contributed by atoms with Crippen LogP contribution in [0.2, 0.25) is 18.1 Å². The topological polar surface area (TPSA) is 162 Å². The van der Waals surface area contributed by atoms with Gasteiger partial charge in [-0.15, -0.1) is 0 Å². The Kier molecular flexibility index (Phi) is 11.4. The lowest BCUT2D eigenvalue weighted by Crippen LogP contribution is -2.64. The first-order chi connectivity index (χ1) is 18.9. The van der Waals surface area contributed by atoms with Crippen molar-refractivity contribution in [3.8, 4) is 0 Å². The minimum absolute atomic E-state index is 0.0585. The zero-order valence-electron chi connectivity index (χ0n) is 24.8. The van der Waals surface area contributed by atoms with Crippen LogP contribution in [0.5, 0.6) is 0 Å². The number of esters is 4. The fraction of sp³-hybridized carbons (Fsp3) is 0.593. The Morgan fingerprint density at radius 3 is 1.83 bits per heavy atom. The zero-order chi connectivity index (χ0) is 31.1. The van der Waals surface area contributed by atoms with E-state index in [1.807, 2.05) is 0 Å². The summed E-state index contributed by atoms with van der Waals surface area (Å²) in [6.45, 7) is 14.3. The van der Waals surface area contributed by atoms with Crippen molar-refractivity contribution in [2.45, 2.75) is 97.0 Å². The van der Waals surface area contributed by atoms with Crippen LogP contribution in [0.25, 0.3) is 0 Å². The van der Waals surface area contributed by atoms with Gasteiger partial charge in [0.05, 0.1) is 13.7 Å². The molecule has 1 fully saturated rings. The summed E-state index contributed by atoms with van der Waals surface area (Å²) in [5.74, 6) is -3.56. The molecule has 5 atom stereocenters. The predicted molar refractivity (Wildman–Crippen MR) is 146 cm³/mol. The molecular formula is C27H39NO12Si. The normalized spacial score (nSPS) is 22.6. The summed E-state index contributed by atoms with van der Waals surface area (Å²) in [6, 6.07) is 6.86. The second kappa shape index (κ2) is 13.9. The first kappa shape index (κ1) is 33.7. The number of hydrogen-bond donors (Lipinski definition) is 1. The summed E-state index contributed by atoms with van der Waals surface area (Å²) in [5.41, 5.74) is 1.27.